The molecule has 10 atom stereocenters. The van der Waals surface area contributed by atoms with Crippen LogP contribution in [-0.2, 0) is 6.51 Å². The van der Waals surface area contributed by atoms with Crippen LogP contribution in [0.15, 0.2) is 127 Å². The number of fused-ring (bicyclic) bond motifs is 10. The second-order valence-electron chi connectivity index (χ2n) is 20.6. The molecule has 10 aliphatic heterocycles. The summed E-state index contributed by atoms with van der Waals surface area (Å²) in [6.45, 7) is 11.5. The molecule has 52 heavy (non-hydrogen) atoms. The SMILES string of the molecule is CN(C)c1ccccc1.Cc1ccccc1P(c1ccccc1C)[C]12[CH]3[CH]4[CH]5[C]1(C)[Fe]45321678[CH]2[CH]1[C]6(C)[C@@]7(P(c1ccccc1C)c1ccccc1C)[CH]28. The zero-order chi connectivity index (χ0) is 35.6. The number of hydrogen-bond acceptors (Lipinski definition) is 1. The van der Waals surface area contributed by atoms with Crippen LogP contribution in [0.1, 0.15) is 36.1 Å². The molecule has 0 aromatic heterocycles. The van der Waals surface area contributed by atoms with Crippen molar-refractivity contribution in [3.63, 3.8) is 0 Å². The third-order valence-corrected chi connectivity index (χ3v) is 84.8. The van der Waals surface area contributed by atoms with Crippen molar-refractivity contribution in [1.29, 1.82) is 0 Å². The molecular weight excluding hydrogens is 708 g/mol. The molecule has 0 bridgehead atoms. The fourth-order valence-electron chi connectivity index (χ4n) is 25.5. The Labute approximate surface area is 303 Å². The molecule has 10 saturated heterocycles. The Balaban J connectivity index is 0.000000279. The first-order valence-corrected chi connectivity index (χ1v) is 28.3. The molecule has 5 aromatic rings. The van der Waals surface area contributed by atoms with Crippen LogP contribution in [0, 0.1) is 27.7 Å². The first-order chi connectivity index (χ1) is 24.8. The Hall–Kier alpha value is -2.72. The van der Waals surface area contributed by atoms with Crippen molar-refractivity contribution in [2.75, 3.05) is 19.0 Å². The maximum atomic E-state index is 3.01. The molecule has 15 rings (SSSR count). The molecule has 1 nitrogen and oxygen atoms in total. The van der Waals surface area contributed by atoms with E-state index in [1.807, 2.05) is 32.3 Å². The predicted molar refractivity (Wildman–Crippen MR) is 223 cm³/mol. The summed E-state index contributed by atoms with van der Waals surface area (Å²) in [6, 6.07) is 49.2. The average Bonchev–Trinajstić information content (AvgIpc) is 4.11. The van der Waals surface area contributed by atoms with E-state index in [1.54, 1.807) is 43.5 Å². The quantitative estimate of drug-likeness (QED) is 0.118. The summed E-state index contributed by atoms with van der Waals surface area (Å²) >= 11 is 0. The van der Waals surface area contributed by atoms with Crippen LogP contribution in [0.3, 0.4) is 0 Å². The van der Waals surface area contributed by atoms with Gasteiger partial charge in [0, 0.05) is 19.8 Å². The number of para-hydroxylation sites is 1. The van der Waals surface area contributed by atoms with E-state index in [-0.39, 0.29) is 15.8 Å². The minimum absolute atomic E-state index is 0.390. The van der Waals surface area contributed by atoms with Gasteiger partial charge in [0.15, 0.2) is 0 Å². The van der Waals surface area contributed by atoms with E-state index in [9.17, 15) is 0 Å². The van der Waals surface area contributed by atoms with Crippen molar-refractivity contribution < 1.29 is 6.51 Å². The summed E-state index contributed by atoms with van der Waals surface area (Å²) in [5.74, 6) is 0. The topological polar surface area (TPSA) is 3.24 Å². The average molecular weight is 760 g/mol. The van der Waals surface area contributed by atoms with E-state index >= 15 is 0 Å². The zero-order valence-electron chi connectivity index (χ0n) is 31.8. The molecule has 9 unspecified atom stereocenters. The van der Waals surface area contributed by atoms with E-state index < -0.39 is 6.51 Å². The third-order valence-electron chi connectivity index (χ3n) is 23.9. The number of hydrogen-bond donors (Lipinski definition) is 0. The monoisotopic (exact) mass is 759 g/mol. The number of aryl methyl sites for hydroxylation is 4. The van der Waals surface area contributed by atoms with Crippen molar-refractivity contribution in [2.45, 2.75) is 87.2 Å². The van der Waals surface area contributed by atoms with Gasteiger partial charge in [0.25, 0.3) is 0 Å². The fraction of sp³-hybridized carbons (Fsp3) is 0.375. The second-order valence-corrected chi connectivity index (χ2v) is 49.2. The van der Waals surface area contributed by atoms with Crippen LogP contribution in [0.2, 0.25) is 37.5 Å². The number of anilines is 1. The van der Waals surface area contributed by atoms with Gasteiger partial charge < -0.3 is 4.90 Å². The van der Waals surface area contributed by atoms with Gasteiger partial charge in [0.05, 0.1) is 0 Å². The van der Waals surface area contributed by atoms with Crippen molar-refractivity contribution in [2.24, 2.45) is 0 Å². The predicted octanol–water partition coefficient (Wildman–Crippen LogP) is 11.2. The Morgan fingerprint density at radius 3 is 0.981 bits per heavy atom. The van der Waals surface area contributed by atoms with Crippen LogP contribution < -0.4 is 26.1 Å². The summed E-state index contributed by atoms with van der Waals surface area (Å²) in [5, 5.41) is 7.04. The van der Waals surface area contributed by atoms with Crippen LogP contribution in [0.25, 0.3) is 0 Å². The Morgan fingerprint density at radius 2 is 0.750 bits per heavy atom. The second kappa shape index (κ2) is 5.41. The van der Waals surface area contributed by atoms with Crippen molar-refractivity contribution in [1.82, 2.24) is 0 Å². The van der Waals surface area contributed by atoms with Gasteiger partial charge in [-0.05, 0) is 12.1 Å². The van der Waals surface area contributed by atoms with Crippen LogP contribution in [0.5, 0.6) is 0 Å². The van der Waals surface area contributed by atoms with Gasteiger partial charge in [-0.25, -0.2) is 0 Å². The minimum atomic E-state index is -4.29. The third kappa shape index (κ3) is 0.901. The van der Waals surface area contributed by atoms with Crippen LogP contribution in [0.4, 0.5) is 5.69 Å². The number of nitrogens with zero attached hydrogens (tertiary/aromatic N) is 1. The van der Waals surface area contributed by atoms with Gasteiger partial charge in [0.2, 0.25) is 0 Å². The molecule has 0 radical (unpaired) electrons. The van der Waals surface area contributed by atoms with Gasteiger partial charge in [-0.1, -0.05) is 18.2 Å². The maximum absolute atomic E-state index is 4.29. The van der Waals surface area contributed by atoms with Crippen molar-refractivity contribution in [3.8, 4) is 0 Å². The summed E-state index contributed by atoms with van der Waals surface area (Å²) in [5.41, 5.74) is 7.51. The molecule has 10 fully saturated rings. The van der Waals surface area contributed by atoms with Crippen molar-refractivity contribution >= 4 is 42.7 Å². The molecule has 1 spiro atoms. The molecule has 266 valence electrons. The van der Waals surface area contributed by atoms with E-state index in [2.05, 4.69) is 156 Å². The summed E-state index contributed by atoms with van der Waals surface area (Å²) in [7, 11) is 3.29. The van der Waals surface area contributed by atoms with E-state index in [0.29, 0.717) is 16.7 Å². The molecular formula is C48H51FeNP2. The van der Waals surface area contributed by atoms with Gasteiger partial charge in [-0.3, -0.25) is 0 Å². The first-order valence-electron chi connectivity index (χ1n) is 19.6. The van der Waals surface area contributed by atoms with E-state index in [1.165, 1.54) is 25.0 Å². The summed E-state index contributed by atoms with van der Waals surface area (Å²) in [6.07, 6.45) is 0. The molecule has 0 N–H and O–H groups in total. The normalized spacial score (nSPS) is 50.8. The zero-order valence-corrected chi connectivity index (χ0v) is 34.7. The van der Waals surface area contributed by atoms with Crippen LogP contribution in [-0.4, -0.2) is 22.2 Å². The fourth-order valence-corrected chi connectivity index (χ4v) is 137. The van der Waals surface area contributed by atoms with Crippen LogP contribution >= 0.6 is 15.8 Å². The van der Waals surface area contributed by atoms with Crippen molar-refractivity contribution in [3.05, 3.63) is 150 Å². The first kappa shape index (κ1) is 29.6. The van der Waals surface area contributed by atoms with Gasteiger partial charge >= 0.3 is 250 Å². The molecule has 4 heteroatoms. The number of benzene rings is 5. The van der Waals surface area contributed by atoms with Gasteiger partial charge in [0.1, 0.15) is 0 Å². The Morgan fingerprint density at radius 1 is 0.442 bits per heavy atom. The molecule has 10 heterocycles. The molecule has 10 aliphatic rings. The van der Waals surface area contributed by atoms with Gasteiger partial charge in [-0.15, -0.1) is 0 Å². The summed E-state index contributed by atoms with van der Waals surface area (Å²) < 4.78 is 2.75. The Bertz CT molecular complexity index is 2710. The molecule has 0 amide bonds. The molecule has 5 aromatic carbocycles. The molecule has 0 saturated carbocycles. The standard InChI is InChI=1S/2C20H20P.C8H11N.Fe/c2*1-15-9-4-6-12-18(15)21(20-14-8-11-17(20)3)19-13-7-5-10-16(19)2;1-9(2)8-6-4-3-5-7-8;/h2*4-14H,1-3H3;3-7H,1-2H3;. The van der Waals surface area contributed by atoms with E-state index in [4.69, 9.17) is 0 Å². The number of rotatable bonds is 7. The summed E-state index contributed by atoms with van der Waals surface area (Å²) in [4.78, 5) is 9.19. The van der Waals surface area contributed by atoms with Gasteiger partial charge in [-0.2, -0.15) is 0 Å². The molecule has 0 aliphatic carbocycles. The Kier molecular flexibility index (Phi) is 3.08. The van der Waals surface area contributed by atoms with E-state index in [0.717, 1.165) is 9.63 Å².